The third-order valence-electron chi connectivity index (χ3n) is 6.42. The first-order valence-corrected chi connectivity index (χ1v) is 7.66. The minimum atomic E-state index is -0.897. The molecule has 3 unspecified atom stereocenters. The van der Waals surface area contributed by atoms with Crippen molar-refractivity contribution in [3.63, 3.8) is 0 Å². The van der Waals surface area contributed by atoms with Gasteiger partial charge in [-0.05, 0) is 53.7 Å². The molecule has 0 aliphatic heterocycles. The van der Waals surface area contributed by atoms with Gasteiger partial charge < -0.3 is 10.4 Å². The summed E-state index contributed by atoms with van der Waals surface area (Å²) in [7, 11) is 0. The Balaban J connectivity index is 1.72. The number of aromatic hydroxyl groups is 1. The Hall–Kier alpha value is -1.16. The number of nitrogens with one attached hydrogen (secondary N) is 1. The summed E-state index contributed by atoms with van der Waals surface area (Å²) in [4.78, 5) is 0. The quantitative estimate of drug-likeness (QED) is 0.884. The summed E-state index contributed by atoms with van der Waals surface area (Å²) in [6.45, 7) is 7.44. The molecule has 3 rings (SSSR count). The molecule has 0 spiro atoms. The van der Waals surface area contributed by atoms with Gasteiger partial charge in [0.2, 0.25) is 0 Å². The maximum absolute atomic E-state index is 13.4. The lowest BCUT2D eigenvalue weighted by atomic mass is 9.69. The van der Waals surface area contributed by atoms with E-state index in [4.69, 9.17) is 5.11 Å². The number of hydrogen-bond donors (Lipinski definition) is 2. The standard InChI is InChI=1S/C17H23F2NO/c1-16(2)11-4-5-17(16,3)14(8-11)20-9-10-6-12(18)15(21)13(19)7-10/h6-7,11,14,20-21H,4-5,8-9H2,1-3H3. The number of hydrogen-bond acceptors (Lipinski definition) is 2. The fraction of sp³-hybridized carbons (Fsp3) is 0.647. The van der Waals surface area contributed by atoms with Crippen molar-refractivity contribution < 1.29 is 13.9 Å². The van der Waals surface area contributed by atoms with Crippen LogP contribution in [-0.2, 0) is 6.54 Å². The Morgan fingerprint density at radius 3 is 2.33 bits per heavy atom. The van der Waals surface area contributed by atoms with Crippen LogP contribution in [0, 0.1) is 28.4 Å². The number of phenolic OH excluding ortho intramolecular Hbond substituents is 1. The maximum Gasteiger partial charge on any atom is 0.187 e. The maximum atomic E-state index is 13.4. The third-order valence-corrected chi connectivity index (χ3v) is 6.42. The van der Waals surface area contributed by atoms with Gasteiger partial charge in [0, 0.05) is 12.6 Å². The van der Waals surface area contributed by atoms with Gasteiger partial charge >= 0.3 is 0 Å². The number of phenols is 1. The van der Waals surface area contributed by atoms with Crippen LogP contribution in [0.2, 0.25) is 0 Å². The summed E-state index contributed by atoms with van der Waals surface area (Å²) in [6.07, 6.45) is 3.62. The van der Waals surface area contributed by atoms with E-state index in [1.54, 1.807) is 0 Å². The molecule has 0 saturated heterocycles. The van der Waals surface area contributed by atoms with Crippen LogP contribution in [0.1, 0.15) is 45.6 Å². The molecule has 0 heterocycles. The molecule has 2 aliphatic rings. The lowest BCUT2D eigenvalue weighted by Gasteiger charge is -2.39. The van der Waals surface area contributed by atoms with E-state index in [1.807, 2.05) is 0 Å². The molecule has 4 heteroatoms. The molecule has 1 aromatic carbocycles. The van der Waals surface area contributed by atoms with Gasteiger partial charge in [-0.2, -0.15) is 0 Å². The van der Waals surface area contributed by atoms with Crippen LogP contribution in [-0.4, -0.2) is 11.1 Å². The van der Waals surface area contributed by atoms with Crippen molar-refractivity contribution in [2.24, 2.45) is 16.7 Å². The second-order valence-electron chi connectivity index (χ2n) is 7.45. The number of benzene rings is 1. The Bertz CT molecular complexity index is 549. The van der Waals surface area contributed by atoms with Gasteiger partial charge in [-0.3, -0.25) is 0 Å². The predicted molar refractivity (Wildman–Crippen MR) is 77.9 cm³/mol. The van der Waals surface area contributed by atoms with Gasteiger partial charge in [-0.25, -0.2) is 8.78 Å². The van der Waals surface area contributed by atoms with Crippen molar-refractivity contribution >= 4 is 0 Å². The smallest absolute Gasteiger partial charge is 0.187 e. The van der Waals surface area contributed by atoms with Crippen LogP contribution in [0.4, 0.5) is 8.78 Å². The Morgan fingerprint density at radius 1 is 1.24 bits per heavy atom. The lowest BCUT2D eigenvalue weighted by Crippen LogP contribution is -2.44. The summed E-state index contributed by atoms with van der Waals surface area (Å²) in [6, 6.07) is 2.78. The SMILES string of the molecule is CC1(C)C2CCC1(C)C(NCc1cc(F)c(O)c(F)c1)C2. The molecule has 2 saturated carbocycles. The average molecular weight is 295 g/mol. The molecule has 2 aliphatic carbocycles. The van der Waals surface area contributed by atoms with Crippen molar-refractivity contribution in [1.29, 1.82) is 0 Å². The van der Waals surface area contributed by atoms with Gasteiger partial charge in [0.25, 0.3) is 0 Å². The molecule has 0 aromatic heterocycles. The van der Waals surface area contributed by atoms with Crippen molar-refractivity contribution in [2.45, 2.75) is 52.6 Å². The van der Waals surface area contributed by atoms with E-state index in [2.05, 4.69) is 26.1 Å². The van der Waals surface area contributed by atoms with E-state index in [0.29, 0.717) is 23.6 Å². The molecule has 2 bridgehead atoms. The van der Waals surface area contributed by atoms with Gasteiger partial charge in [0.1, 0.15) is 0 Å². The van der Waals surface area contributed by atoms with Gasteiger partial charge in [0.15, 0.2) is 17.4 Å². The molecular formula is C17H23F2NO. The van der Waals surface area contributed by atoms with Crippen LogP contribution in [0.15, 0.2) is 12.1 Å². The largest absolute Gasteiger partial charge is 0.503 e. The van der Waals surface area contributed by atoms with E-state index in [9.17, 15) is 8.78 Å². The zero-order chi connectivity index (χ0) is 15.4. The molecule has 1 aromatic rings. The van der Waals surface area contributed by atoms with Crippen LogP contribution >= 0.6 is 0 Å². The first kappa shape index (κ1) is 14.8. The molecule has 2 N–H and O–H groups in total. The van der Waals surface area contributed by atoms with Crippen LogP contribution in [0.3, 0.4) is 0 Å². The van der Waals surface area contributed by atoms with E-state index >= 15 is 0 Å². The van der Waals surface area contributed by atoms with E-state index in [0.717, 1.165) is 12.3 Å². The van der Waals surface area contributed by atoms with E-state index in [1.165, 1.54) is 25.0 Å². The summed E-state index contributed by atoms with van der Waals surface area (Å²) in [5.74, 6) is -1.96. The van der Waals surface area contributed by atoms with Gasteiger partial charge in [-0.1, -0.05) is 20.8 Å². The summed E-state index contributed by atoms with van der Waals surface area (Å²) >= 11 is 0. The number of halogens is 2. The third kappa shape index (κ3) is 2.07. The summed E-state index contributed by atoms with van der Waals surface area (Å²) in [5.41, 5.74) is 1.09. The molecular weight excluding hydrogens is 272 g/mol. The van der Waals surface area contributed by atoms with Gasteiger partial charge in [-0.15, -0.1) is 0 Å². The highest BCUT2D eigenvalue weighted by Crippen LogP contribution is 2.65. The fourth-order valence-corrected chi connectivity index (χ4v) is 4.47. The topological polar surface area (TPSA) is 32.3 Å². The summed E-state index contributed by atoms with van der Waals surface area (Å²) < 4.78 is 26.7. The highest BCUT2D eigenvalue weighted by atomic mass is 19.1. The Kier molecular flexibility index (Phi) is 3.28. The molecule has 21 heavy (non-hydrogen) atoms. The molecule has 116 valence electrons. The molecule has 3 atom stereocenters. The monoisotopic (exact) mass is 295 g/mol. The van der Waals surface area contributed by atoms with Crippen molar-refractivity contribution in [3.8, 4) is 5.75 Å². The molecule has 0 radical (unpaired) electrons. The number of fused-ring (bicyclic) bond motifs is 2. The second-order valence-corrected chi connectivity index (χ2v) is 7.45. The van der Waals surface area contributed by atoms with Crippen molar-refractivity contribution in [2.75, 3.05) is 0 Å². The fourth-order valence-electron chi connectivity index (χ4n) is 4.47. The normalized spacial score (nSPS) is 33.6. The van der Waals surface area contributed by atoms with Crippen molar-refractivity contribution in [3.05, 3.63) is 29.3 Å². The van der Waals surface area contributed by atoms with E-state index < -0.39 is 17.4 Å². The molecule has 0 amide bonds. The minimum absolute atomic E-state index is 0.242. The van der Waals surface area contributed by atoms with Crippen LogP contribution in [0.5, 0.6) is 5.75 Å². The zero-order valence-corrected chi connectivity index (χ0v) is 12.8. The predicted octanol–water partition coefficient (Wildman–Crippen LogP) is 3.97. The number of rotatable bonds is 3. The minimum Gasteiger partial charge on any atom is -0.503 e. The van der Waals surface area contributed by atoms with Crippen LogP contribution in [0.25, 0.3) is 0 Å². The average Bonchev–Trinajstić information content (AvgIpc) is 2.75. The van der Waals surface area contributed by atoms with E-state index in [-0.39, 0.29) is 5.41 Å². The lowest BCUT2D eigenvalue weighted by molar-refractivity contribution is 0.120. The highest BCUT2D eigenvalue weighted by Gasteiger charge is 2.60. The highest BCUT2D eigenvalue weighted by molar-refractivity contribution is 5.30. The zero-order valence-electron chi connectivity index (χ0n) is 12.8. The second kappa shape index (κ2) is 4.67. The van der Waals surface area contributed by atoms with Crippen molar-refractivity contribution in [1.82, 2.24) is 5.32 Å². The summed E-state index contributed by atoms with van der Waals surface area (Å²) in [5, 5.41) is 12.6. The first-order chi connectivity index (χ1) is 9.75. The Morgan fingerprint density at radius 2 is 1.86 bits per heavy atom. The molecule has 2 fully saturated rings. The van der Waals surface area contributed by atoms with Gasteiger partial charge in [0.05, 0.1) is 0 Å². The Labute approximate surface area is 124 Å². The van der Waals surface area contributed by atoms with Crippen LogP contribution < -0.4 is 5.32 Å². The molecule has 2 nitrogen and oxygen atoms in total. The first-order valence-electron chi connectivity index (χ1n) is 7.66.